The van der Waals surface area contributed by atoms with Gasteiger partial charge < -0.3 is 0 Å². The first kappa shape index (κ1) is 14.6. The van der Waals surface area contributed by atoms with Crippen LogP contribution in [-0.2, 0) is 22.3 Å². The van der Waals surface area contributed by atoms with Crippen LogP contribution in [0.25, 0.3) is 0 Å². The first-order chi connectivity index (χ1) is 9.46. The molecule has 20 heavy (non-hydrogen) atoms. The van der Waals surface area contributed by atoms with Crippen molar-refractivity contribution in [2.45, 2.75) is 12.3 Å². The maximum Gasteiger partial charge on any atom is 0.269 e. The molecule has 1 aromatic heterocycles. The quantitative estimate of drug-likeness (QED) is 0.654. The molecule has 0 amide bonds. The SMILES string of the molecule is O=[N+]([O-])c1cccc(CS(=O)(=O)NCc2ccsc2)c1. The number of nitro benzene ring substituents is 1. The van der Waals surface area contributed by atoms with E-state index < -0.39 is 14.9 Å². The first-order valence-electron chi connectivity index (χ1n) is 5.68. The molecule has 0 aliphatic heterocycles. The molecule has 0 atom stereocenters. The molecule has 0 aliphatic carbocycles. The molecular formula is C12H12N2O4S2. The predicted molar refractivity (Wildman–Crippen MR) is 76.9 cm³/mol. The minimum Gasteiger partial charge on any atom is -0.258 e. The van der Waals surface area contributed by atoms with Crippen molar-refractivity contribution in [1.82, 2.24) is 4.72 Å². The van der Waals surface area contributed by atoms with E-state index in [0.29, 0.717) is 5.56 Å². The van der Waals surface area contributed by atoms with E-state index in [0.717, 1.165) is 5.56 Å². The van der Waals surface area contributed by atoms with Gasteiger partial charge in [-0.2, -0.15) is 11.3 Å². The standard InChI is InChI=1S/C12H12N2O4S2/c15-14(16)12-3-1-2-10(6-12)9-20(17,18)13-7-11-4-5-19-8-11/h1-6,8,13H,7,9H2. The van der Waals surface area contributed by atoms with Gasteiger partial charge in [0, 0.05) is 18.7 Å². The van der Waals surface area contributed by atoms with Crippen molar-refractivity contribution < 1.29 is 13.3 Å². The van der Waals surface area contributed by atoms with Gasteiger partial charge in [0.05, 0.1) is 10.7 Å². The van der Waals surface area contributed by atoms with E-state index >= 15 is 0 Å². The number of benzene rings is 1. The summed E-state index contributed by atoms with van der Waals surface area (Å²) < 4.78 is 26.3. The minimum atomic E-state index is -3.52. The summed E-state index contributed by atoms with van der Waals surface area (Å²) in [6.45, 7) is 0.223. The van der Waals surface area contributed by atoms with Crippen LogP contribution in [0.4, 0.5) is 5.69 Å². The molecule has 0 aliphatic rings. The summed E-state index contributed by atoms with van der Waals surface area (Å²) in [4.78, 5) is 10.1. The fourth-order valence-electron chi connectivity index (χ4n) is 1.62. The highest BCUT2D eigenvalue weighted by Crippen LogP contribution is 2.15. The van der Waals surface area contributed by atoms with Crippen LogP contribution in [0.2, 0.25) is 0 Å². The third-order valence-electron chi connectivity index (χ3n) is 2.55. The fraction of sp³-hybridized carbons (Fsp3) is 0.167. The molecule has 1 aromatic carbocycles. The lowest BCUT2D eigenvalue weighted by Gasteiger charge is -2.05. The summed E-state index contributed by atoms with van der Waals surface area (Å²) in [6, 6.07) is 7.46. The second-order valence-electron chi connectivity index (χ2n) is 4.14. The highest BCUT2D eigenvalue weighted by Gasteiger charge is 2.14. The van der Waals surface area contributed by atoms with Crippen LogP contribution in [0, 0.1) is 10.1 Å². The van der Waals surface area contributed by atoms with Gasteiger partial charge >= 0.3 is 0 Å². The van der Waals surface area contributed by atoms with Crippen LogP contribution in [0.1, 0.15) is 11.1 Å². The Labute approximate surface area is 120 Å². The second kappa shape index (κ2) is 6.12. The summed E-state index contributed by atoms with van der Waals surface area (Å²) in [5, 5.41) is 14.4. The topological polar surface area (TPSA) is 89.3 Å². The lowest BCUT2D eigenvalue weighted by molar-refractivity contribution is -0.384. The molecule has 0 radical (unpaired) electrons. The van der Waals surface area contributed by atoms with E-state index in [1.165, 1.54) is 29.5 Å². The number of nitro groups is 1. The van der Waals surface area contributed by atoms with Crippen LogP contribution in [0.3, 0.4) is 0 Å². The van der Waals surface area contributed by atoms with Gasteiger partial charge in [0.15, 0.2) is 0 Å². The minimum absolute atomic E-state index is 0.115. The third-order valence-corrected chi connectivity index (χ3v) is 4.58. The van der Waals surface area contributed by atoms with Crippen molar-refractivity contribution in [3.05, 3.63) is 62.3 Å². The summed E-state index contributed by atoms with van der Waals surface area (Å²) in [7, 11) is -3.52. The van der Waals surface area contributed by atoms with Crippen molar-refractivity contribution >= 4 is 27.0 Å². The fourth-order valence-corrected chi connectivity index (χ4v) is 3.39. The molecule has 106 valence electrons. The molecular weight excluding hydrogens is 300 g/mol. The molecule has 1 N–H and O–H groups in total. The molecule has 6 nitrogen and oxygen atoms in total. The third kappa shape index (κ3) is 4.12. The van der Waals surface area contributed by atoms with Crippen LogP contribution in [0.15, 0.2) is 41.1 Å². The number of rotatable bonds is 6. The maximum absolute atomic E-state index is 11.9. The number of nitrogens with one attached hydrogen (secondary N) is 1. The Morgan fingerprint density at radius 2 is 2.05 bits per heavy atom. The Balaban J connectivity index is 2.04. The van der Waals surface area contributed by atoms with Crippen molar-refractivity contribution in [3.8, 4) is 0 Å². The average molecular weight is 312 g/mol. The van der Waals surface area contributed by atoms with E-state index in [1.54, 1.807) is 6.07 Å². The van der Waals surface area contributed by atoms with E-state index in [2.05, 4.69) is 4.72 Å². The monoisotopic (exact) mass is 312 g/mol. The molecule has 1 heterocycles. The summed E-state index contributed by atoms with van der Waals surface area (Å²) in [6.07, 6.45) is 0. The van der Waals surface area contributed by atoms with Gasteiger partial charge in [-0.05, 0) is 28.0 Å². The van der Waals surface area contributed by atoms with Crippen LogP contribution < -0.4 is 4.72 Å². The lowest BCUT2D eigenvalue weighted by Crippen LogP contribution is -2.24. The number of hydrogen-bond donors (Lipinski definition) is 1. The van der Waals surface area contributed by atoms with Crippen LogP contribution >= 0.6 is 11.3 Å². The van der Waals surface area contributed by atoms with Crippen molar-refractivity contribution in [2.75, 3.05) is 0 Å². The van der Waals surface area contributed by atoms with Gasteiger partial charge in [-0.3, -0.25) is 10.1 Å². The molecule has 8 heteroatoms. The molecule has 2 aromatic rings. The summed E-state index contributed by atoms with van der Waals surface area (Å²) >= 11 is 1.49. The Kier molecular flexibility index (Phi) is 4.48. The first-order valence-corrected chi connectivity index (χ1v) is 8.27. The zero-order chi connectivity index (χ0) is 14.6. The normalized spacial score (nSPS) is 11.4. The van der Waals surface area contributed by atoms with Gasteiger partial charge in [-0.1, -0.05) is 12.1 Å². The van der Waals surface area contributed by atoms with Crippen LogP contribution in [-0.4, -0.2) is 13.3 Å². The molecule has 0 bridgehead atoms. The smallest absolute Gasteiger partial charge is 0.258 e. The molecule has 0 spiro atoms. The van der Waals surface area contributed by atoms with Crippen molar-refractivity contribution in [3.63, 3.8) is 0 Å². The van der Waals surface area contributed by atoms with Gasteiger partial charge in [0.1, 0.15) is 0 Å². The lowest BCUT2D eigenvalue weighted by atomic mass is 10.2. The predicted octanol–water partition coefficient (Wildman–Crippen LogP) is 2.28. The maximum atomic E-state index is 11.9. The number of sulfonamides is 1. The summed E-state index contributed by atoms with van der Waals surface area (Å²) in [5.74, 6) is -0.279. The van der Waals surface area contributed by atoms with Gasteiger partial charge in [0.2, 0.25) is 10.0 Å². The van der Waals surface area contributed by atoms with Crippen LogP contribution in [0.5, 0.6) is 0 Å². The molecule has 0 saturated heterocycles. The molecule has 0 fully saturated rings. The summed E-state index contributed by atoms with van der Waals surface area (Å²) in [5.41, 5.74) is 1.16. The zero-order valence-corrected chi connectivity index (χ0v) is 12.0. The van der Waals surface area contributed by atoms with E-state index in [-0.39, 0.29) is 18.0 Å². The molecule has 0 saturated carbocycles. The highest BCUT2D eigenvalue weighted by molar-refractivity contribution is 7.88. The van der Waals surface area contributed by atoms with E-state index in [1.807, 2.05) is 16.8 Å². The average Bonchev–Trinajstić information content (AvgIpc) is 2.89. The Morgan fingerprint density at radius 3 is 2.70 bits per heavy atom. The molecule has 2 rings (SSSR count). The number of non-ortho nitro benzene ring substituents is 1. The van der Waals surface area contributed by atoms with E-state index in [9.17, 15) is 18.5 Å². The number of nitrogens with zero attached hydrogens (tertiary/aromatic N) is 1. The van der Waals surface area contributed by atoms with Gasteiger partial charge in [0.25, 0.3) is 5.69 Å². The van der Waals surface area contributed by atoms with Crippen molar-refractivity contribution in [2.24, 2.45) is 0 Å². The largest absolute Gasteiger partial charge is 0.269 e. The van der Waals surface area contributed by atoms with Crippen molar-refractivity contribution in [1.29, 1.82) is 0 Å². The Bertz CT molecular complexity index is 696. The van der Waals surface area contributed by atoms with E-state index in [4.69, 9.17) is 0 Å². The zero-order valence-electron chi connectivity index (χ0n) is 10.4. The Hall–Kier alpha value is -1.77. The number of thiophene rings is 1. The second-order valence-corrected chi connectivity index (χ2v) is 6.73. The molecule has 0 unspecified atom stereocenters. The number of hydrogen-bond acceptors (Lipinski definition) is 5. The van der Waals surface area contributed by atoms with Gasteiger partial charge in [-0.15, -0.1) is 0 Å². The Morgan fingerprint density at radius 1 is 1.25 bits per heavy atom. The van der Waals surface area contributed by atoms with Gasteiger partial charge in [-0.25, -0.2) is 13.1 Å². The highest BCUT2D eigenvalue weighted by atomic mass is 32.2.